The number of hydrogen-bond acceptors (Lipinski definition) is 3. The molecule has 0 saturated heterocycles. The zero-order chi connectivity index (χ0) is 32.7. The molecule has 4 aliphatic rings. The van der Waals surface area contributed by atoms with E-state index in [9.17, 15) is 0 Å². The van der Waals surface area contributed by atoms with Gasteiger partial charge < -0.3 is 9.47 Å². The van der Waals surface area contributed by atoms with Crippen molar-refractivity contribution in [3.05, 3.63) is 107 Å². The van der Waals surface area contributed by atoms with Crippen LogP contribution < -0.4 is 25.9 Å². The van der Waals surface area contributed by atoms with Gasteiger partial charge in [0.05, 0.1) is 0 Å². The van der Waals surface area contributed by atoms with Crippen LogP contribution in [0, 0.1) is 0 Å². The Hall–Kier alpha value is -4.31. The molecule has 0 fully saturated rings. The number of pyridine rings is 1. The number of benzene rings is 4. The van der Waals surface area contributed by atoms with Gasteiger partial charge in [0.2, 0.25) is 5.88 Å². The molecular weight excluding hydrogens is 573 g/mol. The minimum Gasteiger partial charge on any atom is -0.458 e. The van der Waals surface area contributed by atoms with Crippen LogP contribution in [0.15, 0.2) is 85.1 Å². The van der Waals surface area contributed by atoms with E-state index in [1.165, 1.54) is 33.4 Å². The SMILES string of the molecule is CC1(C)CC(C)(C)c2cc(-c3cccc4c3Oc3ccnc5c3B4c3cccc(-c4ccc6c(c4)C(C)(C)CC6(C)C)c3O5)ccc21. The monoisotopic (exact) mass is 615 g/mol. The molecule has 1 aromatic heterocycles. The molecule has 2 aliphatic carbocycles. The van der Waals surface area contributed by atoms with E-state index in [0.29, 0.717) is 5.88 Å². The zero-order valence-corrected chi connectivity index (χ0v) is 28.8. The predicted molar refractivity (Wildman–Crippen MR) is 194 cm³/mol. The smallest absolute Gasteiger partial charge is 0.262 e. The lowest BCUT2D eigenvalue weighted by molar-refractivity contribution is 0.402. The summed E-state index contributed by atoms with van der Waals surface area (Å²) in [6, 6.07) is 29.3. The highest BCUT2D eigenvalue weighted by molar-refractivity contribution is 6.98. The summed E-state index contributed by atoms with van der Waals surface area (Å²) in [7, 11) is 0. The maximum atomic E-state index is 6.82. The number of aromatic nitrogens is 1. The van der Waals surface area contributed by atoms with Crippen LogP contribution in [0.4, 0.5) is 0 Å². The van der Waals surface area contributed by atoms with E-state index < -0.39 is 0 Å². The quantitative estimate of drug-likeness (QED) is 0.182. The van der Waals surface area contributed by atoms with E-state index in [1.807, 2.05) is 12.3 Å². The maximum Gasteiger partial charge on any atom is 0.262 e. The zero-order valence-electron chi connectivity index (χ0n) is 28.8. The summed E-state index contributed by atoms with van der Waals surface area (Å²) < 4.78 is 13.6. The standard InChI is InChI=1S/C43H42BNO2/c1-40(2)23-42(5,6)31-21-25(15-17-29(31)40)27-11-9-13-33-37(27)46-35-19-20-45-39-36(35)44(33)34-14-10-12-28(38(34)47-39)26-16-18-30-32(22-26)43(7,8)24-41(30,3)4/h9-22H,23-24H2,1-8H3. The summed E-state index contributed by atoms with van der Waals surface area (Å²) in [5.74, 6) is 3.27. The van der Waals surface area contributed by atoms with E-state index in [2.05, 4.69) is 128 Å². The van der Waals surface area contributed by atoms with Crippen molar-refractivity contribution in [1.29, 1.82) is 0 Å². The molecule has 3 nitrogen and oxygen atoms in total. The van der Waals surface area contributed by atoms with Gasteiger partial charge in [-0.2, -0.15) is 0 Å². The molecule has 0 unspecified atom stereocenters. The van der Waals surface area contributed by atoms with Crippen LogP contribution in [0.1, 0.15) is 90.5 Å². The van der Waals surface area contributed by atoms with Crippen molar-refractivity contribution in [3.63, 3.8) is 0 Å². The van der Waals surface area contributed by atoms with E-state index in [1.54, 1.807) is 0 Å². The Bertz CT molecular complexity index is 2020. The van der Waals surface area contributed by atoms with Crippen molar-refractivity contribution in [2.45, 2.75) is 89.9 Å². The second-order valence-corrected chi connectivity index (χ2v) is 17.0. The average molecular weight is 616 g/mol. The maximum absolute atomic E-state index is 6.82. The molecule has 0 saturated carbocycles. The van der Waals surface area contributed by atoms with Crippen molar-refractivity contribution in [2.24, 2.45) is 0 Å². The molecule has 5 aromatic rings. The van der Waals surface area contributed by atoms with Crippen LogP contribution in [0.25, 0.3) is 22.3 Å². The normalized spacial score (nSPS) is 19.4. The lowest BCUT2D eigenvalue weighted by atomic mass is 9.35. The lowest BCUT2D eigenvalue weighted by Gasteiger charge is -2.34. The number of hydrogen-bond donors (Lipinski definition) is 0. The van der Waals surface area contributed by atoms with Gasteiger partial charge in [0.15, 0.2) is 0 Å². The van der Waals surface area contributed by atoms with Gasteiger partial charge in [0, 0.05) is 22.8 Å². The van der Waals surface area contributed by atoms with Gasteiger partial charge in [0.1, 0.15) is 17.2 Å². The van der Waals surface area contributed by atoms with Crippen molar-refractivity contribution in [1.82, 2.24) is 4.98 Å². The molecule has 3 heterocycles. The van der Waals surface area contributed by atoms with Crippen LogP contribution in [0.3, 0.4) is 0 Å². The first-order valence-electron chi connectivity index (χ1n) is 17.2. The minimum atomic E-state index is -0.0456. The minimum absolute atomic E-state index is 0.0456. The van der Waals surface area contributed by atoms with Gasteiger partial charge >= 0.3 is 0 Å². The number of ether oxygens (including phenoxy) is 2. The first kappa shape index (κ1) is 28.9. The van der Waals surface area contributed by atoms with Crippen LogP contribution in [0.2, 0.25) is 0 Å². The Morgan fingerprint density at radius 1 is 0.553 bits per heavy atom. The summed E-state index contributed by atoms with van der Waals surface area (Å²) in [6.07, 6.45) is 4.10. The van der Waals surface area contributed by atoms with Gasteiger partial charge in [-0.3, -0.25) is 0 Å². The van der Waals surface area contributed by atoms with E-state index >= 15 is 0 Å². The Kier molecular flexibility index (Phi) is 5.65. The predicted octanol–water partition coefficient (Wildman–Crippen LogP) is 9.06. The highest BCUT2D eigenvalue weighted by Crippen LogP contribution is 2.52. The third-order valence-corrected chi connectivity index (χ3v) is 11.7. The van der Waals surface area contributed by atoms with Gasteiger partial charge in [-0.1, -0.05) is 128 Å². The van der Waals surface area contributed by atoms with Crippen LogP contribution in [-0.2, 0) is 21.7 Å². The fraction of sp³-hybridized carbons (Fsp3) is 0.326. The summed E-state index contributed by atoms with van der Waals surface area (Å²) in [4.78, 5) is 4.77. The van der Waals surface area contributed by atoms with E-state index in [0.717, 1.165) is 57.6 Å². The van der Waals surface area contributed by atoms with Crippen molar-refractivity contribution in [3.8, 4) is 45.4 Å². The Morgan fingerprint density at radius 2 is 1.04 bits per heavy atom. The Labute approximate surface area is 279 Å². The second-order valence-electron chi connectivity index (χ2n) is 17.0. The molecule has 2 aliphatic heterocycles. The first-order chi connectivity index (χ1) is 22.3. The van der Waals surface area contributed by atoms with E-state index in [4.69, 9.17) is 14.5 Å². The lowest BCUT2D eigenvalue weighted by Crippen LogP contribution is -2.57. The van der Waals surface area contributed by atoms with Crippen LogP contribution in [-0.4, -0.2) is 11.7 Å². The number of fused-ring (bicyclic) bond motifs is 6. The molecule has 4 aromatic carbocycles. The third kappa shape index (κ3) is 4.03. The first-order valence-corrected chi connectivity index (χ1v) is 17.2. The molecule has 0 N–H and O–H groups in total. The van der Waals surface area contributed by atoms with E-state index in [-0.39, 0.29) is 28.4 Å². The fourth-order valence-corrected chi connectivity index (χ4v) is 10.1. The van der Waals surface area contributed by atoms with Crippen molar-refractivity contribution >= 4 is 23.1 Å². The fourth-order valence-electron chi connectivity index (χ4n) is 10.1. The molecule has 9 rings (SSSR count). The summed E-state index contributed by atoms with van der Waals surface area (Å²) in [6.45, 7) is 19.0. The van der Waals surface area contributed by atoms with Gasteiger partial charge in [-0.05, 0) is 84.9 Å². The molecule has 0 spiro atoms. The van der Waals surface area contributed by atoms with Crippen molar-refractivity contribution in [2.75, 3.05) is 0 Å². The number of nitrogens with zero attached hydrogens (tertiary/aromatic N) is 1. The van der Waals surface area contributed by atoms with Crippen LogP contribution in [0.5, 0.6) is 23.1 Å². The molecule has 0 radical (unpaired) electrons. The molecular formula is C43H42BNO2. The Morgan fingerprint density at radius 3 is 1.57 bits per heavy atom. The highest BCUT2D eigenvalue weighted by Gasteiger charge is 2.45. The number of para-hydroxylation sites is 2. The van der Waals surface area contributed by atoms with Gasteiger partial charge in [-0.25, -0.2) is 4.98 Å². The molecule has 0 amide bonds. The Balaban J connectivity index is 1.21. The second kappa shape index (κ2) is 9.19. The summed E-state index contributed by atoms with van der Waals surface area (Å²) in [5, 5.41) is 0. The molecule has 4 heteroatoms. The highest BCUT2D eigenvalue weighted by atomic mass is 16.5. The molecule has 234 valence electrons. The largest absolute Gasteiger partial charge is 0.458 e. The van der Waals surface area contributed by atoms with Gasteiger partial charge in [-0.15, -0.1) is 0 Å². The summed E-state index contributed by atoms with van der Waals surface area (Å²) in [5.41, 5.74) is 14.3. The summed E-state index contributed by atoms with van der Waals surface area (Å²) >= 11 is 0. The van der Waals surface area contributed by atoms with Crippen LogP contribution >= 0.6 is 0 Å². The van der Waals surface area contributed by atoms with Crippen molar-refractivity contribution < 1.29 is 9.47 Å². The number of rotatable bonds is 2. The average Bonchev–Trinajstić information content (AvgIpc) is 3.34. The van der Waals surface area contributed by atoms with Gasteiger partial charge in [0.25, 0.3) is 6.71 Å². The molecule has 0 atom stereocenters. The third-order valence-electron chi connectivity index (χ3n) is 11.7. The molecule has 0 bridgehead atoms. The topological polar surface area (TPSA) is 31.4 Å². The molecule has 47 heavy (non-hydrogen) atoms.